The van der Waals surface area contributed by atoms with Crippen LogP contribution in [0.2, 0.25) is 0 Å². The number of benzene rings is 19. The Morgan fingerprint density at radius 2 is 0.614 bits per heavy atom. The molecule has 6 heteroatoms. The van der Waals surface area contributed by atoms with Crippen molar-refractivity contribution >= 4 is 173 Å². The second-order valence-electron chi connectivity index (χ2n) is 26.5. The van der Waals surface area contributed by atoms with E-state index in [0.717, 1.165) is 0 Å². The molecule has 101 heavy (non-hydrogen) atoms. The first kappa shape index (κ1) is 65.1. The third-order valence-electron chi connectivity index (χ3n) is 21.4. The summed E-state index contributed by atoms with van der Waals surface area (Å²) in [5.74, 6) is 0. The average Bonchev–Trinajstić information content (AvgIpc) is 1.69. The normalized spacial score (nSPS) is 11.7. The Bertz CT molecular complexity index is 7100. The SMILES string of the molecule is Cn1c2ccccc2c2cc(-c3cc4c[c-]ccc4c4ccccc34)c3ccccc3c21.Cn1c2ccccc2c2cc(-c3ccc4c(ccc5c[c-]ccc54)c3)c3ccccc3c21.Cn1c2ccccc2c2cc(-c3ccc4ccc5[c-]ccc6ccc3c4c56)c3ccccc3c21.[Y].[Y].[Y]. The Kier molecular flexibility index (Phi) is 16.7. The van der Waals surface area contributed by atoms with Crippen molar-refractivity contribution in [1.29, 1.82) is 0 Å². The summed E-state index contributed by atoms with van der Waals surface area (Å²) >= 11 is 0. The molecule has 0 fully saturated rings. The fourth-order valence-corrected chi connectivity index (χ4v) is 17.0. The maximum absolute atomic E-state index is 3.44. The molecule has 0 aliphatic heterocycles. The molecular weight excluding hydrogens is 1450 g/mol. The van der Waals surface area contributed by atoms with E-state index in [0.29, 0.717) is 0 Å². The molecule has 0 aliphatic rings. The number of aryl methyl sites for hydroxylation is 3. The fraction of sp³-hybridized carbons (Fsp3) is 0.0316. The van der Waals surface area contributed by atoms with Gasteiger partial charge in [-0.25, -0.2) is 0 Å². The average molecular weight is 1510 g/mol. The van der Waals surface area contributed by atoms with Gasteiger partial charge in [0.15, 0.2) is 0 Å². The zero-order valence-corrected chi connectivity index (χ0v) is 64.5. The van der Waals surface area contributed by atoms with Gasteiger partial charge in [-0.1, -0.05) is 206 Å². The van der Waals surface area contributed by atoms with Crippen molar-refractivity contribution in [2.75, 3.05) is 0 Å². The summed E-state index contributed by atoms with van der Waals surface area (Å²) in [4.78, 5) is 0. The van der Waals surface area contributed by atoms with E-state index in [1.54, 1.807) is 0 Å². The minimum absolute atomic E-state index is 0. The molecule has 0 unspecified atom stereocenters. The molecule has 0 aliphatic carbocycles. The maximum Gasteiger partial charge on any atom is 0.0568 e. The number of hydrogen-bond donors (Lipinski definition) is 0. The summed E-state index contributed by atoms with van der Waals surface area (Å²) in [6.07, 6.45) is 0. The predicted molar refractivity (Wildman–Crippen MR) is 420 cm³/mol. The van der Waals surface area contributed by atoms with Gasteiger partial charge in [0.25, 0.3) is 0 Å². The van der Waals surface area contributed by atoms with Crippen LogP contribution in [0.15, 0.2) is 309 Å². The Labute approximate surface area is 659 Å². The minimum Gasteiger partial charge on any atom is -0.343 e. The molecule has 0 amide bonds. The third kappa shape index (κ3) is 10.2. The molecule has 3 nitrogen and oxygen atoms in total. The maximum atomic E-state index is 3.44. The third-order valence-corrected chi connectivity index (χ3v) is 21.4. The zero-order chi connectivity index (χ0) is 64.9. The number of rotatable bonds is 3. The Morgan fingerprint density at radius 3 is 1.18 bits per heavy atom. The molecule has 19 aromatic carbocycles. The number of nitrogens with zero attached hydrogens (tertiary/aromatic N) is 3. The van der Waals surface area contributed by atoms with Crippen LogP contribution in [-0.2, 0) is 119 Å². The monoisotopic (exact) mass is 1510 g/mol. The van der Waals surface area contributed by atoms with Crippen LogP contribution in [0.5, 0.6) is 0 Å². The Balaban J connectivity index is 0.000000111. The minimum atomic E-state index is 0. The first-order chi connectivity index (χ1) is 48.4. The van der Waals surface area contributed by atoms with Gasteiger partial charge in [0, 0.05) is 184 Å². The summed E-state index contributed by atoms with van der Waals surface area (Å²) in [7, 11) is 6.54. The summed E-state index contributed by atoms with van der Waals surface area (Å²) < 4.78 is 7.02. The van der Waals surface area contributed by atoms with E-state index in [2.05, 4.69) is 344 Å². The molecule has 467 valence electrons. The number of fused-ring (bicyclic) bond motifs is 21. The molecule has 3 aromatic heterocycles. The van der Waals surface area contributed by atoms with E-state index >= 15 is 0 Å². The first-order valence-electron chi connectivity index (χ1n) is 33.8. The van der Waals surface area contributed by atoms with Crippen molar-refractivity contribution in [2.45, 2.75) is 0 Å². The van der Waals surface area contributed by atoms with Crippen molar-refractivity contribution in [2.24, 2.45) is 21.1 Å². The van der Waals surface area contributed by atoms with E-state index in [9.17, 15) is 0 Å². The van der Waals surface area contributed by atoms with Crippen LogP contribution in [0.25, 0.3) is 207 Å². The van der Waals surface area contributed by atoms with E-state index in [1.807, 2.05) is 18.2 Å². The van der Waals surface area contributed by atoms with E-state index in [1.165, 1.54) is 207 Å². The van der Waals surface area contributed by atoms with Crippen LogP contribution < -0.4 is 0 Å². The van der Waals surface area contributed by atoms with Gasteiger partial charge >= 0.3 is 0 Å². The van der Waals surface area contributed by atoms with Gasteiger partial charge in [-0.2, -0.15) is 48.5 Å². The summed E-state index contributed by atoms with van der Waals surface area (Å²) in [6.45, 7) is 0. The van der Waals surface area contributed by atoms with Crippen molar-refractivity contribution < 1.29 is 98.1 Å². The van der Waals surface area contributed by atoms with Gasteiger partial charge in [0.1, 0.15) is 0 Å². The van der Waals surface area contributed by atoms with Gasteiger partial charge in [0.05, 0.1) is 16.6 Å². The largest absolute Gasteiger partial charge is 0.343 e. The molecule has 3 radical (unpaired) electrons. The molecule has 0 atom stereocenters. The molecule has 0 saturated carbocycles. The second-order valence-corrected chi connectivity index (χ2v) is 26.5. The van der Waals surface area contributed by atoms with Crippen LogP contribution >= 0.6 is 0 Å². The molecule has 22 rings (SSSR count). The molecular formula is C95H60N3Y3-3. The van der Waals surface area contributed by atoms with Gasteiger partial charge in [-0.05, 0) is 130 Å². The van der Waals surface area contributed by atoms with Crippen molar-refractivity contribution in [3.05, 3.63) is 328 Å². The zero-order valence-electron chi connectivity index (χ0n) is 56.0. The summed E-state index contributed by atoms with van der Waals surface area (Å²) in [5.41, 5.74) is 15.4. The van der Waals surface area contributed by atoms with E-state index in [4.69, 9.17) is 0 Å². The molecule has 0 spiro atoms. The molecule has 0 N–H and O–H groups in total. The molecule has 3 heterocycles. The Morgan fingerprint density at radius 1 is 0.228 bits per heavy atom. The fourth-order valence-electron chi connectivity index (χ4n) is 17.0. The van der Waals surface area contributed by atoms with Crippen LogP contribution in [0.1, 0.15) is 0 Å². The Hall–Kier alpha value is -9.25. The quantitative estimate of drug-likeness (QED) is 0.124. The van der Waals surface area contributed by atoms with E-state index < -0.39 is 0 Å². The van der Waals surface area contributed by atoms with Crippen molar-refractivity contribution in [3.8, 4) is 33.4 Å². The van der Waals surface area contributed by atoms with Crippen LogP contribution in [-0.4, -0.2) is 13.7 Å². The van der Waals surface area contributed by atoms with Crippen LogP contribution in [0.4, 0.5) is 0 Å². The second kappa shape index (κ2) is 26.0. The topological polar surface area (TPSA) is 14.8 Å². The summed E-state index contributed by atoms with van der Waals surface area (Å²) in [5, 5.41) is 33.5. The molecule has 0 saturated heterocycles. The number of para-hydroxylation sites is 3. The van der Waals surface area contributed by atoms with Crippen LogP contribution in [0, 0.1) is 18.2 Å². The smallest absolute Gasteiger partial charge is 0.0568 e. The predicted octanol–water partition coefficient (Wildman–Crippen LogP) is 25.4. The number of hydrogen-bond acceptors (Lipinski definition) is 0. The number of aromatic nitrogens is 3. The van der Waals surface area contributed by atoms with E-state index in [-0.39, 0.29) is 98.1 Å². The molecule has 0 bridgehead atoms. The van der Waals surface area contributed by atoms with Gasteiger partial charge in [0.2, 0.25) is 0 Å². The van der Waals surface area contributed by atoms with Crippen LogP contribution in [0.3, 0.4) is 0 Å². The standard InChI is InChI=1S/C33H20N.2C31H20N.3Y/c1-34-30-12-5-4-10-25(30)29-19-28(23-9-2-3-11-27(23)33(29)34)24-17-15-22-14-13-20-7-6-8-21-16-18-26(24)32(22)31(20)21;1-32-30-17-9-8-15-25(30)29-19-28(24-14-6-7-16-26(24)31(29)32)27-18-20-10-2-3-11-21(20)22-12-4-5-13-23(22)27;1-32-30-13-7-6-11-26(30)29-19-28(25-10-4-5-12-27(25)31(29)32)22-16-17-24-21(18-22)15-14-20-8-2-3-9-23(20)24;;;/h2-6,8-19H,1H3;2*3-19H,1H3;;;/q3*-1;;;. The summed E-state index contributed by atoms with van der Waals surface area (Å²) in [6, 6.07) is 122. The van der Waals surface area contributed by atoms with Gasteiger partial charge in [-0.3, -0.25) is 0 Å². The van der Waals surface area contributed by atoms with Crippen molar-refractivity contribution in [3.63, 3.8) is 0 Å². The van der Waals surface area contributed by atoms with Gasteiger partial charge in [-0.15, -0.1) is 68.7 Å². The first-order valence-corrected chi connectivity index (χ1v) is 33.8. The van der Waals surface area contributed by atoms with Gasteiger partial charge < -0.3 is 13.7 Å². The van der Waals surface area contributed by atoms with Crippen molar-refractivity contribution in [1.82, 2.24) is 13.7 Å². The molecule has 22 aromatic rings.